The largest absolute Gasteiger partial charge is 0.480 e. The van der Waals surface area contributed by atoms with Crippen molar-refractivity contribution in [2.45, 2.75) is 31.1 Å². The summed E-state index contributed by atoms with van der Waals surface area (Å²) >= 11 is 2.00. The standard InChI is InChI=1S/C19H20N2O8S2/c1-9(22)12-14(23)21-13(17(26)27)18(31-15(12)21)30-8-11(16(24)25)20-19(28)29-7-10-5-3-2-4-6-10/h2-6,9,11-12,15,22H,7-8H2,1H3,(H,20,28)(H,24,25)(H,26,27)/t9?,11-,12+,15-/m1/s1. The van der Waals surface area contributed by atoms with Crippen LogP contribution in [0.25, 0.3) is 0 Å². The van der Waals surface area contributed by atoms with Crippen LogP contribution in [0.1, 0.15) is 12.5 Å². The van der Waals surface area contributed by atoms with Gasteiger partial charge in [0.2, 0.25) is 5.91 Å². The number of thioether (sulfide) groups is 2. The zero-order chi connectivity index (χ0) is 22.7. The van der Waals surface area contributed by atoms with Crippen molar-refractivity contribution in [3.05, 3.63) is 45.8 Å². The molecule has 166 valence electrons. The first-order chi connectivity index (χ1) is 14.7. The molecular weight excluding hydrogens is 448 g/mol. The number of aliphatic hydroxyl groups excluding tert-OH is 1. The Hall–Kier alpha value is -2.70. The van der Waals surface area contributed by atoms with Crippen molar-refractivity contribution in [1.82, 2.24) is 10.2 Å². The van der Waals surface area contributed by atoms with E-state index in [0.717, 1.165) is 34.0 Å². The van der Waals surface area contributed by atoms with Gasteiger partial charge in [-0.2, -0.15) is 0 Å². The normalized spacial score (nSPS) is 21.7. The smallest absolute Gasteiger partial charge is 0.408 e. The zero-order valence-corrected chi connectivity index (χ0v) is 17.9. The van der Waals surface area contributed by atoms with Crippen molar-refractivity contribution >= 4 is 47.5 Å². The molecule has 2 heterocycles. The van der Waals surface area contributed by atoms with Crippen LogP contribution in [0, 0.1) is 5.92 Å². The van der Waals surface area contributed by atoms with Crippen molar-refractivity contribution in [3.8, 4) is 0 Å². The summed E-state index contributed by atoms with van der Waals surface area (Å²) in [7, 11) is 0. The summed E-state index contributed by atoms with van der Waals surface area (Å²) in [6, 6.07) is 7.52. The molecule has 0 spiro atoms. The fourth-order valence-electron chi connectivity index (χ4n) is 3.09. The summed E-state index contributed by atoms with van der Waals surface area (Å²) in [6.45, 7) is 1.42. The second-order valence-electron chi connectivity index (χ2n) is 6.83. The highest BCUT2D eigenvalue weighted by Crippen LogP contribution is 2.53. The van der Waals surface area contributed by atoms with E-state index in [0.29, 0.717) is 0 Å². The Labute approximate surface area is 185 Å². The number of ether oxygens (including phenoxy) is 1. The van der Waals surface area contributed by atoms with Crippen LogP contribution in [0.5, 0.6) is 0 Å². The van der Waals surface area contributed by atoms with Crippen molar-refractivity contribution in [2.75, 3.05) is 5.75 Å². The average molecular weight is 469 g/mol. The number of hydrogen-bond donors (Lipinski definition) is 4. The SMILES string of the molecule is CC(O)[C@H]1C(=O)N2C(C(=O)O)=C(SC[C@@H](NC(=O)OCc3ccccc3)C(=O)O)S[C@H]12. The maximum Gasteiger partial charge on any atom is 0.408 e. The number of carboxylic acid groups (broad SMARTS) is 2. The molecule has 0 aliphatic carbocycles. The number of aliphatic carboxylic acids is 2. The summed E-state index contributed by atoms with van der Waals surface area (Å²) in [4.78, 5) is 48.5. The number of carbonyl (C=O) groups is 4. The summed E-state index contributed by atoms with van der Waals surface area (Å²) in [5.41, 5.74) is 0.497. The highest BCUT2D eigenvalue weighted by atomic mass is 32.2. The van der Waals surface area contributed by atoms with Gasteiger partial charge in [0, 0.05) is 5.75 Å². The van der Waals surface area contributed by atoms with Crippen LogP contribution in [0.3, 0.4) is 0 Å². The molecule has 0 bridgehead atoms. The lowest BCUT2D eigenvalue weighted by Gasteiger charge is -2.43. The van der Waals surface area contributed by atoms with E-state index in [9.17, 15) is 34.5 Å². The molecule has 4 atom stereocenters. The molecule has 1 aromatic rings. The molecule has 0 aromatic heterocycles. The fourth-order valence-corrected chi connectivity index (χ4v) is 6.05. The van der Waals surface area contributed by atoms with Gasteiger partial charge < -0.3 is 25.4 Å². The predicted octanol–water partition coefficient (Wildman–Crippen LogP) is 1.26. The highest BCUT2D eigenvalue weighted by Gasteiger charge is 2.57. The monoisotopic (exact) mass is 468 g/mol. The molecule has 2 amide bonds. The Morgan fingerprint density at radius 2 is 1.94 bits per heavy atom. The van der Waals surface area contributed by atoms with E-state index >= 15 is 0 Å². The Bertz CT molecular complexity index is 921. The molecule has 1 aromatic carbocycles. The average Bonchev–Trinajstić information content (AvgIpc) is 3.04. The Morgan fingerprint density at radius 3 is 2.52 bits per heavy atom. The molecule has 4 N–H and O–H groups in total. The predicted molar refractivity (Wildman–Crippen MR) is 112 cm³/mol. The van der Waals surface area contributed by atoms with Crippen LogP contribution in [0.4, 0.5) is 4.79 Å². The van der Waals surface area contributed by atoms with Gasteiger partial charge in [-0.05, 0) is 12.5 Å². The van der Waals surface area contributed by atoms with Gasteiger partial charge in [0.1, 0.15) is 18.0 Å². The fraction of sp³-hybridized carbons (Fsp3) is 0.368. The summed E-state index contributed by atoms with van der Waals surface area (Å²) in [5.74, 6) is -4.03. The number of fused-ring (bicyclic) bond motifs is 1. The molecular formula is C19H20N2O8S2. The van der Waals surface area contributed by atoms with Crippen LogP contribution in [0.2, 0.25) is 0 Å². The third-order valence-corrected chi connectivity index (χ3v) is 7.40. The summed E-state index contributed by atoms with van der Waals surface area (Å²) in [6.07, 6.45) is -1.86. The first-order valence-corrected chi connectivity index (χ1v) is 11.1. The lowest BCUT2D eigenvalue weighted by molar-refractivity contribution is -0.156. The van der Waals surface area contributed by atoms with Crippen molar-refractivity contribution in [2.24, 2.45) is 5.92 Å². The minimum Gasteiger partial charge on any atom is -0.480 e. The number of rotatable bonds is 9. The number of carboxylic acids is 2. The molecule has 2 aliphatic heterocycles. The number of amides is 2. The first kappa shape index (κ1) is 23.0. The zero-order valence-electron chi connectivity index (χ0n) is 16.3. The number of β-lactam (4-membered cyclic amide) rings is 1. The van der Waals surface area contributed by atoms with Crippen LogP contribution in [0.15, 0.2) is 40.3 Å². The maximum atomic E-state index is 12.2. The van der Waals surface area contributed by atoms with Crippen molar-refractivity contribution in [3.63, 3.8) is 0 Å². The second-order valence-corrected chi connectivity index (χ2v) is 9.25. The van der Waals surface area contributed by atoms with Crippen molar-refractivity contribution < 1.29 is 39.2 Å². The number of carbonyl (C=O) groups excluding carboxylic acids is 2. The molecule has 0 radical (unpaired) electrons. The van der Waals surface area contributed by atoms with Gasteiger partial charge in [0.15, 0.2) is 5.70 Å². The van der Waals surface area contributed by atoms with Crippen LogP contribution < -0.4 is 5.32 Å². The molecule has 1 fully saturated rings. The molecule has 0 saturated carbocycles. The molecule has 1 unspecified atom stereocenters. The Balaban J connectivity index is 1.60. The van der Waals surface area contributed by atoms with E-state index in [4.69, 9.17) is 4.74 Å². The second kappa shape index (κ2) is 9.62. The number of benzene rings is 1. The van der Waals surface area contributed by atoms with Crippen LogP contribution in [-0.2, 0) is 25.7 Å². The molecule has 1 saturated heterocycles. The molecule has 2 aliphatic rings. The van der Waals surface area contributed by atoms with Gasteiger partial charge in [-0.3, -0.25) is 9.69 Å². The molecule has 12 heteroatoms. The van der Waals surface area contributed by atoms with Gasteiger partial charge in [-0.15, -0.1) is 11.8 Å². The summed E-state index contributed by atoms with van der Waals surface area (Å²) in [5, 5.41) is 30.4. The van der Waals surface area contributed by atoms with Gasteiger partial charge in [-0.1, -0.05) is 42.1 Å². The van der Waals surface area contributed by atoms with Gasteiger partial charge in [-0.25, -0.2) is 14.4 Å². The maximum absolute atomic E-state index is 12.2. The third kappa shape index (κ3) is 4.97. The number of aliphatic hydroxyl groups is 1. The van der Waals surface area contributed by atoms with E-state index in [1.54, 1.807) is 24.3 Å². The lowest BCUT2D eigenvalue weighted by atomic mass is 9.92. The molecule has 3 rings (SSSR count). The Morgan fingerprint density at radius 1 is 1.26 bits per heavy atom. The van der Waals surface area contributed by atoms with Crippen molar-refractivity contribution in [1.29, 1.82) is 0 Å². The third-order valence-electron chi connectivity index (χ3n) is 4.65. The minimum atomic E-state index is -1.34. The highest BCUT2D eigenvalue weighted by molar-refractivity contribution is 8.22. The van der Waals surface area contributed by atoms with Crippen LogP contribution in [-0.4, -0.2) is 67.4 Å². The quantitative estimate of drug-likeness (QED) is 0.390. The van der Waals surface area contributed by atoms with Gasteiger partial charge in [0.05, 0.1) is 16.3 Å². The first-order valence-electron chi connectivity index (χ1n) is 9.19. The van der Waals surface area contributed by atoms with Crippen LogP contribution >= 0.6 is 23.5 Å². The van der Waals surface area contributed by atoms with E-state index in [1.165, 1.54) is 6.92 Å². The number of hydrogen-bond acceptors (Lipinski definition) is 8. The van der Waals surface area contributed by atoms with E-state index in [-0.39, 0.29) is 22.3 Å². The molecule has 31 heavy (non-hydrogen) atoms. The van der Waals surface area contributed by atoms with E-state index in [2.05, 4.69) is 5.32 Å². The van der Waals surface area contributed by atoms with E-state index in [1.807, 2.05) is 6.07 Å². The molecule has 10 nitrogen and oxygen atoms in total. The number of alkyl carbamates (subject to hydrolysis) is 1. The number of nitrogens with one attached hydrogen (secondary N) is 1. The number of nitrogens with zero attached hydrogens (tertiary/aromatic N) is 1. The van der Waals surface area contributed by atoms with Gasteiger partial charge in [0.25, 0.3) is 0 Å². The minimum absolute atomic E-state index is 0.0319. The summed E-state index contributed by atoms with van der Waals surface area (Å²) < 4.78 is 5.27. The Kier molecular flexibility index (Phi) is 7.13. The van der Waals surface area contributed by atoms with Gasteiger partial charge >= 0.3 is 18.0 Å². The topological polar surface area (TPSA) is 153 Å². The lowest BCUT2D eigenvalue weighted by Crippen LogP contribution is -2.60. The van der Waals surface area contributed by atoms with E-state index < -0.39 is 47.4 Å².